The van der Waals surface area contributed by atoms with Gasteiger partial charge >= 0.3 is 0 Å². The van der Waals surface area contributed by atoms with Crippen LogP contribution in [0.5, 0.6) is 17.2 Å². The third-order valence-corrected chi connectivity index (χ3v) is 6.66. The molecule has 2 aromatic carbocycles. The van der Waals surface area contributed by atoms with E-state index in [2.05, 4.69) is 33.4 Å². The molecule has 1 aromatic heterocycles. The first kappa shape index (κ1) is 18.5. The molecule has 29 heavy (non-hydrogen) atoms. The number of para-hydroxylation sites is 1. The predicted molar refractivity (Wildman–Crippen MR) is 117 cm³/mol. The monoisotopic (exact) mass is 470 g/mol. The number of aromatic hydroxyl groups is 1. The summed E-state index contributed by atoms with van der Waals surface area (Å²) in [4.78, 5) is 1.18. The quantitative estimate of drug-likeness (QED) is 0.518. The third kappa shape index (κ3) is 3.18. The van der Waals surface area contributed by atoms with Crippen molar-refractivity contribution in [1.29, 1.82) is 0 Å². The number of thiophene rings is 1. The molecule has 2 aliphatic heterocycles. The molecular formula is C22H19BrN2O3S. The molecule has 0 fully saturated rings. The molecule has 0 aliphatic carbocycles. The van der Waals surface area contributed by atoms with Gasteiger partial charge in [0.2, 0.25) is 6.23 Å². The van der Waals surface area contributed by atoms with E-state index in [1.54, 1.807) is 11.3 Å². The molecular weight excluding hydrogens is 452 g/mol. The Kier molecular flexibility index (Phi) is 4.72. The van der Waals surface area contributed by atoms with Crippen LogP contribution in [0.2, 0.25) is 0 Å². The number of nitrogens with zero attached hydrogens (tertiary/aromatic N) is 2. The maximum atomic E-state index is 10.3. The normalized spacial score (nSPS) is 19.9. The second-order valence-corrected chi connectivity index (χ2v) is 8.72. The van der Waals surface area contributed by atoms with Crippen molar-refractivity contribution in [2.75, 3.05) is 6.61 Å². The molecule has 1 N–H and O–H groups in total. The number of ether oxygens (including phenoxy) is 2. The average Bonchev–Trinajstić information content (AvgIpc) is 3.40. The van der Waals surface area contributed by atoms with Crippen molar-refractivity contribution in [3.63, 3.8) is 0 Å². The van der Waals surface area contributed by atoms with Gasteiger partial charge in [0.15, 0.2) is 11.5 Å². The zero-order valence-electron chi connectivity index (χ0n) is 15.7. The first-order valence-electron chi connectivity index (χ1n) is 9.46. The molecule has 2 aliphatic rings. The van der Waals surface area contributed by atoms with E-state index in [0.29, 0.717) is 16.8 Å². The van der Waals surface area contributed by atoms with Crippen LogP contribution >= 0.6 is 27.3 Å². The van der Waals surface area contributed by atoms with Gasteiger partial charge in [0.05, 0.1) is 27.7 Å². The van der Waals surface area contributed by atoms with Gasteiger partial charge in [-0.05, 0) is 52.5 Å². The number of rotatable bonds is 4. The lowest BCUT2D eigenvalue weighted by Crippen LogP contribution is -2.33. The van der Waals surface area contributed by atoms with Crippen LogP contribution in [0.1, 0.15) is 41.6 Å². The smallest absolute Gasteiger partial charge is 0.214 e. The second kappa shape index (κ2) is 7.39. The Hall–Kier alpha value is -2.51. The minimum absolute atomic E-state index is 0.0903. The Labute approximate surface area is 181 Å². The summed E-state index contributed by atoms with van der Waals surface area (Å²) in [5.41, 5.74) is 3.08. The van der Waals surface area contributed by atoms with Gasteiger partial charge in [0.1, 0.15) is 5.75 Å². The van der Waals surface area contributed by atoms with Gasteiger partial charge in [-0.2, -0.15) is 5.10 Å². The summed E-state index contributed by atoms with van der Waals surface area (Å²) in [7, 11) is 0. The number of hydrogen-bond donors (Lipinski definition) is 1. The topological polar surface area (TPSA) is 54.3 Å². The fourth-order valence-corrected chi connectivity index (χ4v) is 5.03. The van der Waals surface area contributed by atoms with E-state index in [1.165, 1.54) is 4.88 Å². The second-order valence-electron chi connectivity index (χ2n) is 6.91. The van der Waals surface area contributed by atoms with Crippen molar-refractivity contribution >= 4 is 33.0 Å². The Balaban J connectivity index is 1.61. The van der Waals surface area contributed by atoms with Crippen LogP contribution in [-0.2, 0) is 0 Å². The number of halogens is 1. The number of fused-ring (bicyclic) bond motifs is 3. The summed E-state index contributed by atoms with van der Waals surface area (Å²) < 4.78 is 12.6. The summed E-state index contributed by atoms with van der Waals surface area (Å²) >= 11 is 5.14. The maximum absolute atomic E-state index is 10.3. The molecule has 0 spiro atoms. The van der Waals surface area contributed by atoms with E-state index in [4.69, 9.17) is 14.6 Å². The molecule has 3 heterocycles. The predicted octanol–water partition coefficient (Wildman–Crippen LogP) is 5.86. The van der Waals surface area contributed by atoms with Crippen LogP contribution < -0.4 is 9.47 Å². The van der Waals surface area contributed by atoms with Gasteiger partial charge in [-0.15, -0.1) is 11.3 Å². The zero-order valence-corrected chi connectivity index (χ0v) is 18.1. The molecule has 0 amide bonds. The van der Waals surface area contributed by atoms with Crippen molar-refractivity contribution in [2.45, 2.75) is 25.6 Å². The van der Waals surface area contributed by atoms with E-state index in [9.17, 15) is 5.11 Å². The summed E-state index contributed by atoms with van der Waals surface area (Å²) in [5.74, 6) is 1.38. The molecule has 7 heteroatoms. The van der Waals surface area contributed by atoms with Crippen LogP contribution in [0.4, 0.5) is 0 Å². The Morgan fingerprint density at radius 2 is 2.14 bits per heavy atom. The number of hydrazone groups is 1. The van der Waals surface area contributed by atoms with Gasteiger partial charge in [-0.1, -0.05) is 24.3 Å². The molecule has 5 nitrogen and oxygen atoms in total. The SMILES string of the molecule is CCOc1cc(C2Oc3ccccc3C3CC(c4cccs4)=NN32)cc(Br)c1O. The van der Waals surface area contributed by atoms with Gasteiger partial charge in [-0.25, -0.2) is 5.01 Å². The lowest BCUT2D eigenvalue weighted by Gasteiger charge is -2.38. The van der Waals surface area contributed by atoms with Gasteiger partial charge in [-0.3, -0.25) is 0 Å². The fraction of sp³-hybridized carbons (Fsp3) is 0.227. The number of hydrogen-bond acceptors (Lipinski definition) is 6. The molecule has 0 bridgehead atoms. The fourth-order valence-electron chi connectivity index (χ4n) is 3.85. The van der Waals surface area contributed by atoms with Crippen LogP contribution in [0, 0.1) is 0 Å². The van der Waals surface area contributed by atoms with Crippen molar-refractivity contribution in [3.05, 3.63) is 74.4 Å². The molecule has 0 saturated carbocycles. The van der Waals surface area contributed by atoms with Gasteiger partial charge in [0.25, 0.3) is 0 Å². The molecule has 148 valence electrons. The third-order valence-electron chi connectivity index (χ3n) is 5.14. The summed E-state index contributed by atoms with van der Waals surface area (Å²) in [5, 5.41) is 19.4. The average molecular weight is 471 g/mol. The standard InChI is InChI=1S/C22H19BrN2O3S/c1-2-27-19-11-13(10-15(23)21(19)26)22-25-17(14-6-3-4-7-18(14)28-22)12-16(24-25)20-8-5-9-29-20/h3-11,17,22,26H,2,12H2,1H3. The van der Waals surface area contributed by atoms with Crippen molar-refractivity contribution in [3.8, 4) is 17.2 Å². The van der Waals surface area contributed by atoms with E-state index in [-0.39, 0.29) is 11.8 Å². The van der Waals surface area contributed by atoms with Crippen molar-refractivity contribution in [1.82, 2.24) is 5.01 Å². The van der Waals surface area contributed by atoms with Crippen LogP contribution in [-0.4, -0.2) is 22.4 Å². The minimum atomic E-state index is -0.413. The summed E-state index contributed by atoms with van der Waals surface area (Å²) in [6, 6.07) is 16.1. The summed E-state index contributed by atoms with van der Waals surface area (Å²) in [6.07, 6.45) is 0.415. The molecule has 0 radical (unpaired) electrons. The van der Waals surface area contributed by atoms with Crippen LogP contribution in [0.25, 0.3) is 0 Å². The van der Waals surface area contributed by atoms with E-state index in [1.807, 2.05) is 48.3 Å². The van der Waals surface area contributed by atoms with E-state index >= 15 is 0 Å². The zero-order chi connectivity index (χ0) is 20.0. The highest BCUT2D eigenvalue weighted by Gasteiger charge is 2.41. The first-order chi connectivity index (χ1) is 14.2. The number of phenols is 1. The van der Waals surface area contributed by atoms with Crippen molar-refractivity contribution in [2.24, 2.45) is 5.10 Å². The Morgan fingerprint density at radius 3 is 2.93 bits per heavy atom. The highest BCUT2D eigenvalue weighted by molar-refractivity contribution is 9.10. The van der Waals surface area contributed by atoms with Gasteiger partial charge < -0.3 is 14.6 Å². The Bertz CT molecular complexity index is 1080. The van der Waals surface area contributed by atoms with Crippen LogP contribution in [0.3, 0.4) is 0 Å². The first-order valence-corrected chi connectivity index (χ1v) is 11.1. The lowest BCUT2D eigenvalue weighted by atomic mass is 9.97. The summed E-state index contributed by atoms with van der Waals surface area (Å²) in [6.45, 7) is 2.35. The van der Waals surface area contributed by atoms with E-state index < -0.39 is 6.23 Å². The largest absolute Gasteiger partial charge is 0.503 e. The lowest BCUT2D eigenvalue weighted by molar-refractivity contribution is -0.0192. The molecule has 5 rings (SSSR count). The number of phenolic OH excluding ortho intramolecular Hbond substituents is 1. The molecule has 0 saturated heterocycles. The minimum Gasteiger partial charge on any atom is -0.503 e. The maximum Gasteiger partial charge on any atom is 0.214 e. The molecule has 2 unspecified atom stereocenters. The highest BCUT2D eigenvalue weighted by Crippen LogP contribution is 2.49. The molecule has 3 aromatic rings. The Morgan fingerprint density at radius 1 is 1.28 bits per heavy atom. The van der Waals surface area contributed by atoms with Crippen molar-refractivity contribution < 1.29 is 14.6 Å². The van der Waals surface area contributed by atoms with Gasteiger partial charge in [0, 0.05) is 17.5 Å². The molecule has 2 atom stereocenters. The number of benzene rings is 2. The highest BCUT2D eigenvalue weighted by atomic mass is 79.9. The van der Waals surface area contributed by atoms with Crippen LogP contribution in [0.15, 0.2) is 63.5 Å². The van der Waals surface area contributed by atoms with E-state index in [0.717, 1.165) is 29.0 Å².